The predicted octanol–water partition coefficient (Wildman–Crippen LogP) is 4.01. The van der Waals surface area contributed by atoms with E-state index < -0.39 is 5.69 Å². The number of nitrogens with zero attached hydrogens (tertiary/aromatic N) is 3. The number of aromatic nitrogens is 4. The van der Waals surface area contributed by atoms with E-state index in [1.165, 1.54) is 0 Å². The van der Waals surface area contributed by atoms with Gasteiger partial charge in [0.1, 0.15) is 0 Å². The van der Waals surface area contributed by atoms with Crippen molar-refractivity contribution in [3.8, 4) is 28.5 Å². The van der Waals surface area contributed by atoms with Crippen LogP contribution in [0.1, 0.15) is 11.1 Å². The minimum absolute atomic E-state index is 0.307. The van der Waals surface area contributed by atoms with Crippen LogP contribution in [0.4, 0.5) is 0 Å². The van der Waals surface area contributed by atoms with E-state index in [4.69, 9.17) is 4.52 Å². The van der Waals surface area contributed by atoms with Gasteiger partial charge < -0.3 is 9.51 Å². The Labute approximate surface area is 176 Å². The van der Waals surface area contributed by atoms with Gasteiger partial charge in [-0.25, -0.2) is 9.36 Å². The average Bonchev–Trinajstić information content (AvgIpc) is 3.25. The van der Waals surface area contributed by atoms with E-state index in [0.717, 1.165) is 21.3 Å². The first-order valence-corrected chi connectivity index (χ1v) is 9.77. The molecule has 0 fully saturated rings. The first-order chi connectivity index (χ1) is 15.0. The Balaban J connectivity index is 1.59. The highest BCUT2D eigenvalue weighted by molar-refractivity contribution is 5.82. The molecule has 0 radical (unpaired) electrons. The molecule has 0 atom stereocenters. The second-order valence-electron chi connectivity index (χ2n) is 7.46. The summed E-state index contributed by atoms with van der Waals surface area (Å²) in [7, 11) is 0. The summed E-state index contributed by atoms with van der Waals surface area (Å²) in [4.78, 5) is 32.9. The third-order valence-electron chi connectivity index (χ3n) is 5.14. The fraction of sp³-hybridized carbons (Fsp3) is 0.0833. The Kier molecular flexibility index (Phi) is 4.36. The van der Waals surface area contributed by atoms with Crippen LogP contribution in [-0.4, -0.2) is 19.7 Å². The van der Waals surface area contributed by atoms with Crippen molar-refractivity contribution in [1.82, 2.24) is 19.7 Å². The molecule has 0 saturated carbocycles. The zero-order valence-electron chi connectivity index (χ0n) is 16.9. The van der Waals surface area contributed by atoms with Crippen molar-refractivity contribution in [3.63, 3.8) is 0 Å². The lowest BCUT2D eigenvalue weighted by atomic mass is 10.1. The molecule has 152 valence electrons. The van der Waals surface area contributed by atoms with E-state index >= 15 is 0 Å². The van der Waals surface area contributed by atoms with Gasteiger partial charge in [-0.1, -0.05) is 46.6 Å². The van der Waals surface area contributed by atoms with Gasteiger partial charge in [-0.05, 0) is 50.2 Å². The zero-order chi connectivity index (χ0) is 21.5. The van der Waals surface area contributed by atoms with Crippen LogP contribution in [0.5, 0.6) is 0 Å². The first kappa shape index (κ1) is 18.7. The molecule has 0 unspecified atom stereocenters. The van der Waals surface area contributed by atoms with Crippen LogP contribution in [0.2, 0.25) is 0 Å². The second-order valence-corrected chi connectivity index (χ2v) is 7.46. The number of benzene rings is 3. The van der Waals surface area contributed by atoms with Gasteiger partial charge in [0.15, 0.2) is 0 Å². The predicted molar refractivity (Wildman–Crippen MR) is 118 cm³/mol. The minimum Gasteiger partial charge on any atom is -0.334 e. The Morgan fingerprint density at radius 2 is 1.68 bits per heavy atom. The number of aryl methyl sites for hydroxylation is 2. The maximum Gasteiger partial charge on any atom is 0.333 e. The molecule has 1 N–H and O–H groups in total. The highest BCUT2D eigenvalue weighted by Gasteiger charge is 2.14. The maximum atomic E-state index is 13.0. The minimum atomic E-state index is -0.510. The monoisotopic (exact) mass is 410 g/mol. The lowest BCUT2D eigenvalue weighted by Gasteiger charge is -2.07. The van der Waals surface area contributed by atoms with Gasteiger partial charge in [0.2, 0.25) is 5.82 Å². The van der Waals surface area contributed by atoms with Crippen LogP contribution < -0.4 is 11.2 Å². The van der Waals surface area contributed by atoms with Crippen LogP contribution in [0.3, 0.4) is 0 Å². The molecule has 0 amide bonds. The lowest BCUT2D eigenvalue weighted by molar-refractivity contribution is 0.432. The summed E-state index contributed by atoms with van der Waals surface area (Å²) < 4.78 is 6.55. The molecule has 0 aliphatic carbocycles. The highest BCUT2D eigenvalue weighted by atomic mass is 16.5. The molecule has 7 heteroatoms. The number of rotatable bonds is 3. The summed E-state index contributed by atoms with van der Waals surface area (Å²) in [5.74, 6) is 0.782. The van der Waals surface area contributed by atoms with E-state index in [0.29, 0.717) is 33.9 Å². The normalized spacial score (nSPS) is 11.2. The molecule has 7 nitrogen and oxygen atoms in total. The highest BCUT2D eigenvalue weighted by Crippen LogP contribution is 2.24. The molecule has 2 heterocycles. The van der Waals surface area contributed by atoms with Crippen molar-refractivity contribution < 1.29 is 4.52 Å². The second kappa shape index (κ2) is 7.21. The number of hydrogen-bond acceptors (Lipinski definition) is 5. The summed E-state index contributed by atoms with van der Waals surface area (Å²) in [5.41, 5.74) is 3.63. The Bertz CT molecular complexity index is 1540. The Morgan fingerprint density at radius 3 is 2.45 bits per heavy atom. The molecule has 0 saturated heterocycles. The largest absolute Gasteiger partial charge is 0.334 e. The number of hydrogen-bond donors (Lipinski definition) is 1. The molecule has 5 aromatic rings. The molecular formula is C24H18N4O3. The van der Waals surface area contributed by atoms with E-state index in [1.807, 2.05) is 50.2 Å². The summed E-state index contributed by atoms with van der Waals surface area (Å²) in [5, 5.41) is 4.45. The number of H-pyrrole nitrogens is 1. The summed E-state index contributed by atoms with van der Waals surface area (Å²) >= 11 is 0. The van der Waals surface area contributed by atoms with E-state index in [9.17, 15) is 9.59 Å². The maximum absolute atomic E-state index is 13.0. The van der Waals surface area contributed by atoms with E-state index in [1.54, 1.807) is 30.3 Å². The van der Waals surface area contributed by atoms with Gasteiger partial charge in [-0.3, -0.25) is 4.79 Å². The molecule has 2 aromatic heterocycles. The quantitative estimate of drug-likeness (QED) is 0.485. The number of nitrogens with one attached hydrogen (secondary N) is 1. The fourth-order valence-electron chi connectivity index (χ4n) is 3.52. The molecule has 31 heavy (non-hydrogen) atoms. The summed E-state index contributed by atoms with van der Waals surface area (Å²) in [6.07, 6.45) is 0. The van der Waals surface area contributed by atoms with Crippen molar-refractivity contribution in [1.29, 1.82) is 0 Å². The molecule has 0 aliphatic heterocycles. The van der Waals surface area contributed by atoms with Crippen molar-refractivity contribution >= 4 is 10.9 Å². The van der Waals surface area contributed by atoms with Gasteiger partial charge >= 0.3 is 5.69 Å². The van der Waals surface area contributed by atoms with E-state index in [-0.39, 0.29) is 5.56 Å². The zero-order valence-corrected chi connectivity index (χ0v) is 16.9. The van der Waals surface area contributed by atoms with Crippen molar-refractivity contribution in [2.24, 2.45) is 0 Å². The molecule has 0 aliphatic rings. The van der Waals surface area contributed by atoms with Crippen LogP contribution in [0.25, 0.3) is 39.4 Å². The molecule has 0 spiro atoms. The number of aromatic amines is 1. The molecular weight excluding hydrogens is 392 g/mol. The summed E-state index contributed by atoms with van der Waals surface area (Å²) in [6, 6.07) is 20.1. The van der Waals surface area contributed by atoms with Gasteiger partial charge in [0.05, 0.1) is 16.6 Å². The third-order valence-corrected chi connectivity index (χ3v) is 5.14. The van der Waals surface area contributed by atoms with Gasteiger partial charge in [-0.2, -0.15) is 4.98 Å². The SMILES string of the molecule is Cc1ccc(-n2c(=O)[nH]c3cc(-c4nc(-c5cccc(C)c5)no4)ccc3c2=O)cc1. The van der Waals surface area contributed by atoms with E-state index in [2.05, 4.69) is 15.1 Å². The van der Waals surface area contributed by atoms with Crippen LogP contribution >= 0.6 is 0 Å². The standard InChI is InChI=1S/C24H18N4O3/c1-14-6-9-18(10-7-14)28-23(29)19-11-8-17(13-20(19)25-24(28)30)22-26-21(27-31-22)16-5-3-4-15(2)12-16/h3-13H,1-2H3,(H,25,30). The van der Waals surface area contributed by atoms with Gasteiger partial charge in [0.25, 0.3) is 11.4 Å². The van der Waals surface area contributed by atoms with Crippen molar-refractivity contribution in [2.45, 2.75) is 13.8 Å². The van der Waals surface area contributed by atoms with Crippen LogP contribution in [0.15, 0.2) is 80.8 Å². The van der Waals surface area contributed by atoms with Gasteiger partial charge in [0, 0.05) is 11.1 Å². The lowest BCUT2D eigenvalue weighted by Crippen LogP contribution is -2.33. The number of fused-ring (bicyclic) bond motifs is 1. The van der Waals surface area contributed by atoms with Gasteiger partial charge in [-0.15, -0.1) is 0 Å². The molecule has 3 aromatic carbocycles. The van der Waals surface area contributed by atoms with Crippen LogP contribution in [0, 0.1) is 13.8 Å². The molecule has 0 bridgehead atoms. The van der Waals surface area contributed by atoms with Crippen molar-refractivity contribution in [3.05, 3.63) is 98.7 Å². The van der Waals surface area contributed by atoms with Crippen molar-refractivity contribution in [2.75, 3.05) is 0 Å². The first-order valence-electron chi connectivity index (χ1n) is 9.77. The van der Waals surface area contributed by atoms with Crippen LogP contribution in [-0.2, 0) is 0 Å². The molecule has 5 rings (SSSR count). The topological polar surface area (TPSA) is 93.8 Å². The Morgan fingerprint density at radius 1 is 0.871 bits per heavy atom. The third kappa shape index (κ3) is 3.36. The fourth-order valence-corrected chi connectivity index (χ4v) is 3.52. The Hall–Kier alpha value is -4.26. The average molecular weight is 410 g/mol. The summed E-state index contributed by atoms with van der Waals surface area (Å²) in [6.45, 7) is 3.94. The smallest absolute Gasteiger partial charge is 0.333 e.